The number of hydrogen-bond donors (Lipinski definition) is 0. The molecule has 0 heterocycles. The van der Waals surface area contributed by atoms with Crippen LogP contribution < -0.4 is 9.47 Å². The van der Waals surface area contributed by atoms with Crippen LogP contribution in [0.4, 0.5) is 5.69 Å². The molecule has 104 valence electrons. The van der Waals surface area contributed by atoms with Crippen molar-refractivity contribution in [1.29, 1.82) is 0 Å². The van der Waals surface area contributed by atoms with Crippen molar-refractivity contribution in [3.8, 4) is 11.5 Å². The molecule has 0 bridgehead atoms. The number of rotatable bonds is 6. The highest BCUT2D eigenvalue weighted by molar-refractivity contribution is 5.94. The Bertz CT molecular complexity index is 485. The van der Waals surface area contributed by atoms with Gasteiger partial charge in [0.1, 0.15) is 5.56 Å². The Morgan fingerprint density at radius 1 is 1.32 bits per heavy atom. The van der Waals surface area contributed by atoms with Crippen LogP contribution in [0, 0.1) is 10.1 Å². The molecule has 0 fully saturated rings. The van der Waals surface area contributed by atoms with E-state index in [0.717, 1.165) is 19.6 Å². The van der Waals surface area contributed by atoms with Crippen LogP contribution in [0.25, 0.3) is 0 Å². The van der Waals surface area contributed by atoms with Gasteiger partial charge in [0, 0.05) is 6.07 Å². The molecule has 7 heteroatoms. The van der Waals surface area contributed by atoms with Crippen LogP contribution in [0.1, 0.15) is 23.7 Å². The third kappa shape index (κ3) is 3.34. The van der Waals surface area contributed by atoms with E-state index in [9.17, 15) is 14.9 Å². The monoisotopic (exact) mass is 269 g/mol. The molecule has 0 saturated heterocycles. The van der Waals surface area contributed by atoms with Gasteiger partial charge >= 0.3 is 5.97 Å². The van der Waals surface area contributed by atoms with Crippen LogP contribution in [0.3, 0.4) is 0 Å². The number of carbonyl (C=O) groups is 1. The second kappa shape index (κ2) is 6.58. The lowest BCUT2D eigenvalue weighted by atomic mass is 10.1. The minimum Gasteiger partial charge on any atom is -0.493 e. The van der Waals surface area contributed by atoms with E-state index < -0.39 is 10.9 Å². The SMILES string of the molecule is CCCOc1cc(C(=O)OC)c([N+](=O)[O-])cc1OC. The van der Waals surface area contributed by atoms with Crippen molar-refractivity contribution in [3.05, 3.63) is 27.8 Å². The maximum atomic E-state index is 11.5. The first-order valence-corrected chi connectivity index (χ1v) is 5.62. The number of nitrogens with zero attached hydrogens (tertiary/aromatic N) is 1. The van der Waals surface area contributed by atoms with Crippen LogP contribution in [0.2, 0.25) is 0 Å². The summed E-state index contributed by atoms with van der Waals surface area (Å²) in [5, 5.41) is 10.9. The second-order valence-corrected chi connectivity index (χ2v) is 3.62. The molecule has 0 unspecified atom stereocenters. The molecule has 19 heavy (non-hydrogen) atoms. The van der Waals surface area contributed by atoms with Crippen molar-refractivity contribution in [3.63, 3.8) is 0 Å². The third-order valence-electron chi connectivity index (χ3n) is 2.35. The molecule has 0 aromatic heterocycles. The largest absolute Gasteiger partial charge is 0.493 e. The zero-order chi connectivity index (χ0) is 14.4. The number of esters is 1. The molecule has 7 nitrogen and oxygen atoms in total. The number of nitro benzene ring substituents is 1. The van der Waals surface area contributed by atoms with Crippen LogP contribution in [0.5, 0.6) is 11.5 Å². The Kier molecular flexibility index (Phi) is 5.11. The highest BCUT2D eigenvalue weighted by Gasteiger charge is 2.25. The summed E-state index contributed by atoms with van der Waals surface area (Å²) in [6, 6.07) is 2.41. The van der Waals surface area contributed by atoms with Gasteiger partial charge in [-0.3, -0.25) is 10.1 Å². The van der Waals surface area contributed by atoms with Gasteiger partial charge in [0.05, 0.1) is 31.8 Å². The number of benzene rings is 1. The zero-order valence-corrected chi connectivity index (χ0v) is 11.0. The van der Waals surface area contributed by atoms with Crippen molar-refractivity contribution in [2.45, 2.75) is 13.3 Å². The number of carbonyl (C=O) groups excluding carboxylic acids is 1. The van der Waals surface area contributed by atoms with Gasteiger partial charge in [0.2, 0.25) is 0 Å². The Hall–Kier alpha value is -2.31. The van der Waals surface area contributed by atoms with Crippen LogP contribution in [-0.4, -0.2) is 31.7 Å². The molecule has 1 aromatic carbocycles. The van der Waals surface area contributed by atoms with Crippen LogP contribution >= 0.6 is 0 Å². The van der Waals surface area contributed by atoms with Gasteiger partial charge in [-0.15, -0.1) is 0 Å². The topological polar surface area (TPSA) is 87.9 Å². The summed E-state index contributed by atoms with van der Waals surface area (Å²) in [6.07, 6.45) is 0.758. The van der Waals surface area contributed by atoms with E-state index in [4.69, 9.17) is 9.47 Å². The van der Waals surface area contributed by atoms with Crippen LogP contribution in [-0.2, 0) is 4.74 Å². The standard InChI is InChI=1S/C12H15NO6/c1-4-5-19-11-6-8(12(14)18-3)9(13(15)16)7-10(11)17-2/h6-7H,4-5H2,1-3H3. The molecule has 1 aromatic rings. The van der Waals surface area contributed by atoms with Crippen molar-refractivity contribution in [2.75, 3.05) is 20.8 Å². The molecule has 0 atom stereocenters. The minimum absolute atomic E-state index is 0.167. The van der Waals surface area contributed by atoms with Crippen molar-refractivity contribution >= 4 is 11.7 Å². The quantitative estimate of drug-likeness (QED) is 0.447. The zero-order valence-electron chi connectivity index (χ0n) is 11.0. The van der Waals surface area contributed by atoms with E-state index in [1.165, 1.54) is 13.2 Å². The van der Waals surface area contributed by atoms with E-state index in [-0.39, 0.29) is 22.7 Å². The van der Waals surface area contributed by atoms with Gasteiger partial charge < -0.3 is 14.2 Å². The molecule has 0 aliphatic carbocycles. The van der Waals surface area contributed by atoms with Crippen LogP contribution in [0.15, 0.2) is 12.1 Å². The van der Waals surface area contributed by atoms with E-state index in [0.29, 0.717) is 6.61 Å². The Balaban J connectivity index is 3.33. The minimum atomic E-state index is -0.796. The smallest absolute Gasteiger partial charge is 0.345 e. The molecule has 0 aliphatic rings. The molecule has 0 radical (unpaired) electrons. The molecule has 0 aliphatic heterocycles. The Morgan fingerprint density at radius 3 is 2.47 bits per heavy atom. The average Bonchev–Trinajstić information content (AvgIpc) is 2.42. The predicted molar refractivity (Wildman–Crippen MR) is 66.8 cm³/mol. The van der Waals surface area contributed by atoms with E-state index >= 15 is 0 Å². The summed E-state index contributed by atoms with van der Waals surface area (Å²) < 4.78 is 14.9. The van der Waals surface area contributed by atoms with Gasteiger partial charge in [-0.2, -0.15) is 0 Å². The highest BCUT2D eigenvalue weighted by atomic mass is 16.6. The summed E-state index contributed by atoms with van der Waals surface area (Å²) in [4.78, 5) is 21.8. The van der Waals surface area contributed by atoms with E-state index in [1.54, 1.807) is 0 Å². The number of ether oxygens (including phenoxy) is 3. The van der Waals surface area contributed by atoms with Gasteiger partial charge in [-0.25, -0.2) is 4.79 Å². The fraction of sp³-hybridized carbons (Fsp3) is 0.417. The summed E-state index contributed by atoms with van der Waals surface area (Å²) in [7, 11) is 2.53. The fourth-order valence-electron chi connectivity index (χ4n) is 1.46. The van der Waals surface area contributed by atoms with E-state index in [2.05, 4.69) is 4.74 Å². The van der Waals surface area contributed by atoms with Crippen molar-refractivity contribution in [1.82, 2.24) is 0 Å². The predicted octanol–water partition coefficient (Wildman–Crippen LogP) is 2.18. The first kappa shape index (κ1) is 14.7. The average molecular weight is 269 g/mol. The summed E-state index contributed by atoms with van der Waals surface area (Å²) in [5.41, 5.74) is -0.549. The normalized spacial score (nSPS) is 9.84. The van der Waals surface area contributed by atoms with Gasteiger partial charge in [-0.05, 0) is 6.42 Å². The molecule has 0 saturated carbocycles. The molecule has 0 N–H and O–H groups in total. The Morgan fingerprint density at radius 2 is 2.00 bits per heavy atom. The second-order valence-electron chi connectivity index (χ2n) is 3.62. The molecule has 1 rings (SSSR count). The maximum Gasteiger partial charge on any atom is 0.345 e. The first-order chi connectivity index (χ1) is 9.04. The summed E-state index contributed by atoms with van der Waals surface area (Å²) in [6.45, 7) is 2.33. The third-order valence-corrected chi connectivity index (χ3v) is 2.35. The number of hydrogen-bond acceptors (Lipinski definition) is 6. The summed E-state index contributed by atoms with van der Waals surface area (Å²) >= 11 is 0. The first-order valence-electron chi connectivity index (χ1n) is 5.62. The molecule has 0 amide bonds. The molecule has 0 spiro atoms. The summed E-state index contributed by atoms with van der Waals surface area (Å²) in [5.74, 6) is -0.321. The van der Waals surface area contributed by atoms with Gasteiger partial charge in [0.15, 0.2) is 11.5 Å². The Labute approximate surface area is 110 Å². The maximum absolute atomic E-state index is 11.5. The lowest BCUT2D eigenvalue weighted by Gasteiger charge is -2.11. The fourth-order valence-corrected chi connectivity index (χ4v) is 1.46. The molecular weight excluding hydrogens is 254 g/mol. The van der Waals surface area contributed by atoms with Gasteiger partial charge in [0.25, 0.3) is 5.69 Å². The van der Waals surface area contributed by atoms with Crippen molar-refractivity contribution in [2.24, 2.45) is 0 Å². The van der Waals surface area contributed by atoms with Crippen molar-refractivity contribution < 1.29 is 23.9 Å². The number of methoxy groups -OCH3 is 2. The lowest BCUT2D eigenvalue weighted by molar-refractivity contribution is -0.385. The van der Waals surface area contributed by atoms with Gasteiger partial charge in [-0.1, -0.05) is 6.92 Å². The molecular formula is C12H15NO6. The number of nitro groups is 1. The lowest BCUT2D eigenvalue weighted by Crippen LogP contribution is -2.08. The highest BCUT2D eigenvalue weighted by Crippen LogP contribution is 2.35. The van der Waals surface area contributed by atoms with E-state index in [1.807, 2.05) is 6.92 Å².